The molecule has 1 aliphatic carbocycles. The number of fused-ring (bicyclic) bond motifs is 1. The number of ether oxygens (including phenoxy) is 2. The Morgan fingerprint density at radius 3 is 2.65 bits per heavy atom. The van der Waals surface area contributed by atoms with Gasteiger partial charge in [0.05, 0.1) is 10.6 Å². The third-order valence-electron chi connectivity index (χ3n) is 4.98. The summed E-state index contributed by atoms with van der Waals surface area (Å²) in [6.07, 6.45) is 4.14. The molecule has 1 heterocycles. The van der Waals surface area contributed by atoms with Gasteiger partial charge in [0.1, 0.15) is 5.82 Å². The van der Waals surface area contributed by atoms with E-state index < -0.39 is 5.82 Å². The molecule has 0 saturated heterocycles. The van der Waals surface area contributed by atoms with E-state index in [4.69, 9.17) is 21.1 Å². The summed E-state index contributed by atoms with van der Waals surface area (Å²) in [6, 6.07) is 9.78. The van der Waals surface area contributed by atoms with Crippen LogP contribution < -0.4 is 9.47 Å². The molecule has 1 aliphatic heterocycles. The standard InChI is InChI=1S/C20H19ClFNO3/c21-17-10-14(22)6-7-16(17)20(24)23(15-3-1-2-4-15)11-13-5-8-18-19(9-13)26-12-25-18/h5-10,15H,1-4,11-12H2. The predicted molar refractivity (Wildman–Crippen MR) is 96.1 cm³/mol. The summed E-state index contributed by atoms with van der Waals surface area (Å²) in [5.74, 6) is 0.796. The van der Waals surface area contributed by atoms with E-state index in [1.54, 1.807) is 0 Å². The van der Waals surface area contributed by atoms with Crippen LogP contribution in [0.3, 0.4) is 0 Å². The largest absolute Gasteiger partial charge is 0.454 e. The predicted octanol–water partition coefficient (Wildman–Crippen LogP) is 4.79. The number of carbonyl (C=O) groups excluding carboxylic acids is 1. The molecule has 2 aromatic carbocycles. The van der Waals surface area contributed by atoms with Crippen LogP contribution in [0.15, 0.2) is 36.4 Å². The van der Waals surface area contributed by atoms with Gasteiger partial charge in [-0.25, -0.2) is 4.39 Å². The van der Waals surface area contributed by atoms with Crippen molar-refractivity contribution in [3.8, 4) is 11.5 Å². The summed E-state index contributed by atoms with van der Waals surface area (Å²) < 4.78 is 24.1. The summed E-state index contributed by atoms with van der Waals surface area (Å²) in [5, 5.41) is 0.142. The van der Waals surface area contributed by atoms with Gasteiger partial charge in [-0.3, -0.25) is 4.79 Å². The molecule has 1 saturated carbocycles. The van der Waals surface area contributed by atoms with Crippen LogP contribution in [0.4, 0.5) is 4.39 Å². The van der Waals surface area contributed by atoms with Crippen LogP contribution >= 0.6 is 11.6 Å². The van der Waals surface area contributed by atoms with Crippen molar-refractivity contribution in [1.29, 1.82) is 0 Å². The van der Waals surface area contributed by atoms with E-state index in [-0.39, 0.29) is 23.8 Å². The van der Waals surface area contributed by atoms with Crippen molar-refractivity contribution in [2.75, 3.05) is 6.79 Å². The van der Waals surface area contributed by atoms with Crippen molar-refractivity contribution >= 4 is 17.5 Å². The topological polar surface area (TPSA) is 38.8 Å². The Balaban J connectivity index is 1.62. The highest BCUT2D eigenvalue weighted by molar-refractivity contribution is 6.33. The number of hydrogen-bond donors (Lipinski definition) is 0. The van der Waals surface area contributed by atoms with Crippen LogP contribution in [0.2, 0.25) is 5.02 Å². The summed E-state index contributed by atoms with van der Waals surface area (Å²) >= 11 is 6.13. The number of rotatable bonds is 4. The molecule has 1 amide bonds. The SMILES string of the molecule is O=C(c1ccc(F)cc1Cl)N(Cc1ccc2c(c1)OCO2)C1CCCC1. The monoisotopic (exact) mass is 375 g/mol. The highest BCUT2D eigenvalue weighted by Crippen LogP contribution is 2.34. The zero-order valence-corrected chi connectivity index (χ0v) is 15.0. The first kappa shape index (κ1) is 17.2. The molecule has 4 nitrogen and oxygen atoms in total. The van der Waals surface area contributed by atoms with Crippen molar-refractivity contribution in [3.05, 3.63) is 58.4 Å². The van der Waals surface area contributed by atoms with Gasteiger partial charge >= 0.3 is 0 Å². The van der Waals surface area contributed by atoms with Crippen molar-refractivity contribution in [3.63, 3.8) is 0 Å². The Morgan fingerprint density at radius 2 is 1.88 bits per heavy atom. The second-order valence-corrected chi connectivity index (χ2v) is 7.09. The summed E-state index contributed by atoms with van der Waals surface area (Å²) in [4.78, 5) is 15.0. The Hall–Kier alpha value is -2.27. The second-order valence-electron chi connectivity index (χ2n) is 6.68. The first-order valence-electron chi connectivity index (χ1n) is 8.76. The fourth-order valence-electron chi connectivity index (χ4n) is 3.64. The van der Waals surface area contributed by atoms with Gasteiger partial charge in [-0.2, -0.15) is 0 Å². The molecule has 0 radical (unpaired) electrons. The van der Waals surface area contributed by atoms with Gasteiger partial charge in [-0.05, 0) is 48.7 Å². The molecular formula is C20H19ClFNO3. The number of halogens is 2. The molecule has 4 rings (SSSR count). The van der Waals surface area contributed by atoms with Crippen molar-refractivity contribution in [1.82, 2.24) is 4.90 Å². The lowest BCUT2D eigenvalue weighted by Crippen LogP contribution is -2.38. The van der Waals surface area contributed by atoms with Crippen LogP contribution in [0.5, 0.6) is 11.5 Å². The minimum atomic E-state index is -0.449. The lowest BCUT2D eigenvalue weighted by Gasteiger charge is -2.29. The molecular weight excluding hydrogens is 357 g/mol. The quantitative estimate of drug-likeness (QED) is 0.771. The number of nitrogens with zero attached hydrogens (tertiary/aromatic N) is 1. The zero-order valence-electron chi connectivity index (χ0n) is 14.2. The molecule has 26 heavy (non-hydrogen) atoms. The molecule has 0 spiro atoms. The summed E-state index contributed by atoms with van der Waals surface area (Å²) in [7, 11) is 0. The highest BCUT2D eigenvalue weighted by Gasteiger charge is 2.29. The Bertz CT molecular complexity index is 836. The Morgan fingerprint density at radius 1 is 1.12 bits per heavy atom. The molecule has 0 atom stereocenters. The molecule has 0 aromatic heterocycles. The molecule has 0 N–H and O–H groups in total. The number of benzene rings is 2. The fraction of sp³-hybridized carbons (Fsp3) is 0.350. The first-order chi connectivity index (χ1) is 12.6. The average Bonchev–Trinajstić information content (AvgIpc) is 3.30. The van der Waals surface area contributed by atoms with Crippen LogP contribution in [-0.4, -0.2) is 23.6 Å². The van der Waals surface area contributed by atoms with Gasteiger partial charge in [0.25, 0.3) is 5.91 Å². The maximum Gasteiger partial charge on any atom is 0.255 e. The van der Waals surface area contributed by atoms with Gasteiger partial charge in [0, 0.05) is 12.6 Å². The number of hydrogen-bond acceptors (Lipinski definition) is 3. The van der Waals surface area contributed by atoms with Gasteiger partial charge in [-0.15, -0.1) is 0 Å². The first-order valence-corrected chi connectivity index (χ1v) is 9.14. The fourth-order valence-corrected chi connectivity index (χ4v) is 3.88. The lowest BCUT2D eigenvalue weighted by atomic mass is 10.1. The van der Waals surface area contributed by atoms with Gasteiger partial charge < -0.3 is 14.4 Å². The van der Waals surface area contributed by atoms with Gasteiger partial charge in [0.2, 0.25) is 6.79 Å². The second kappa shape index (κ2) is 7.16. The van der Waals surface area contributed by atoms with E-state index in [2.05, 4.69) is 0 Å². The van der Waals surface area contributed by atoms with E-state index in [0.717, 1.165) is 31.2 Å². The minimum Gasteiger partial charge on any atom is -0.454 e. The molecule has 2 aromatic rings. The van der Waals surface area contributed by atoms with E-state index >= 15 is 0 Å². The van der Waals surface area contributed by atoms with Crippen LogP contribution in [0, 0.1) is 5.82 Å². The molecule has 136 valence electrons. The summed E-state index contributed by atoms with van der Waals surface area (Å²) in [5.41, 5.74) is 1.30. The van der Waals surface area contributed by atoms with E-state index in [1.165, 1.54) is 18.2 Å². The molecule has 0 bridgehead atoms. The third-order valence-corrected chi connectivity index (χ3v) is 5.29. The third kappa shape index (κ3) is 3.36. The summed E-state index contributed by atoms with van der Waals surface area (Å²) in [6.45, 7) is 0.670. The van der Waals surface area contributed by atoms with E-state index in [9.17, 15) is 9.18 Å². The zero-order chi connectivity index (χ0) is 18.1. The van der Waals surface area contributed by atoms with E-state index in [0.29, 0.717) is 23.6 Å². The average molecular weight is 376 g/mol. The Kier molecular flexibility index (Phi) is 4.72. The Labute approximate surface area is 156 Å². The maximum atomic E-state index is 13.4. The minimum absolute atomic E-state index is 0.142. The highest BCUT2D eigenvalue weighted by atomic mass is 35.5. The normalized spacial score (nSPS) is 16.1. The molecule has 0 unspecified atom stereocenters. The van der Waals surface area contributed by atoms with E-state index in [1.807, 2.05) is 23.1 Å². The van der Waals surface area contributed by atoms with Crippen molar-refractivity contribution < 1.29 is 18.7 Å². The van der Waals surface area contributed by atoms with Crippen molar-refractivity contribution in [2.24, 2.45) is 0 Å². The molecule has 1 fully saturated rings. The molecule has 2 aliphatic rings. The van der Waals surface area contributed by atoms with Crippen LogP contribution in [0.25, 0.3) is 0 Å². The van der Waals surface area contributed by atoms with Crippen LogP contribution in [-0.2, 0) is 6.54 Å². The number of amides is 1. The maximum absolute atomic E-state index is 13.4. The van der Waals surface area contributed by atoms with Crippen molar-refractivity contribution in [2.45, 2.75) is 38.3 Å². The molecule has 6 heteroatoms. The van der Waals surface area contributed by atoms with Gasteiger partial charge in [0.15, 0.2) is 11.5 Å². The van der Waals surface area contributed by atoms with Crippen LogP contribution in [0.1, 0.15) is 41.6 Å². The smallest absolute Gasteiger partial charge is 0.255 e. The lowest BCUT2D eigenvalue weighted by molar-refractivity contribution is 0.0664. The number of carbonyl (C=O) groups is 1. The van der Waals surface area contributed by atoms with Gasteiger partial charge in [-0.1, -0.05) is 30.5 Å².